The van der Waals surface area contributed by atoms with E-state index in [1.807, 2.05) is 0 Å². The molecule has 1 atom stereocenters. The number of alkyl halides is 3. The normalized spacial score (nSPS) is 13.1. The van der Waals surface area contributed by atoms with Crippen LogP contribution in [0.4, 0.5) is 18.9 Å². The number of nitrogens with one attached hydrogen (secondary N) is 1. The predicted molar refractivity (Wildman–Crippen MR) is 75.3 cm³/mol. The van der Waals surface area contributed by atoms with Crippen LogP contribution in [0.1, 0.15) is 11.6 Å². The van der Waals surface area contributed by atoms with Gasteiger partial charge in [0.25, 0.3) is 0 Å². The van der Waals surface area contributed by atoms with E-state index in [4.69, 9.17) is 23.2 Å². The number of halogens is 5. The van der Waals surface area contributed by atoms with Crippen LogP contribution in [-0.2, 0) is 0 Å². The molecule has 2 aromatic carbocycles. The highest BCUT2D eigenvalue weighted by Gasteiger charge is 2.41. The first-order chi connectivity index (χ1) is 9.39. The molecule has 20 heavy (non-hydrogen) atoms. The van der Waals surface area contributed by atoms with E-state index in [0.29, 0.717) is 0 Å². The summed E-state index contributed by atoms with van der Waals surface area (Å²) >= 11 is 11.8. The summed E-state index contributed by atoms with van der Waals surface area (Å²) in [7, 11) is 0. The zero-order valence-electron chi connectivity index (χ0n) is 10.1. The average molecular weight is 320 g/mol. The van der Waals surface area contributed by atoms with E-state index in [9.17, 15) is 13.2 Å². The summed E-state index contributed by atoms with van der Waals surface area (Å²) in [4.78, 5) is 0. The molecule has 0 heterocycles. The molecule has 0 saturated carbocycles. The van der Waals surface area contributed by atoms with Crippen molar-refractivity contribution in [3.8, 4) is 0 Å². The van der Waals surface area contributed by atoms with Gasteiger partial charge in [0.2, 0.25) is 0 Å². The van der Waals surface area contributed by atoms with Crippen molar-refractivity contribution in [2.75, 3.05) is 5.32 Å². The summed E-state index contributed by atoms with van der Waals surface area (Å²) in [6.07, 6.45) is -4.47. The Kier molecular flexibility index (Phi) is 4.45. The van der Waals surface area contributed by atoms with E-state index in [1.165, 1.54) is 24.3 Å². The molecule has 0 fully saturated rings. The van der Waals surface area contributed by atoms with Crippen molar-refractivity contribution in [1.29, 1.82) is 0 Å². The first-order valence-corrected chi connectivity index (χ1v) is 6.47. The molecule has 0 aliphatic heterocycles. The Morgan fingerprint density at radius 2 is 1.40 bits per heavy atom. The topological polar surface area (TPSA) is 12.0 Å². The van der Waals surface area contributed by atoms with Gasteiger partial charge in [-0.2, -0.15) is 13.2 Å². The highest BCUT2D eigenvalue weighted by molar-refractivity contribution is 6.39. The van der Waals surface area contributed by atoms with Crippen LogP contribution >= 0.6 is 23.2 Å². The SMILES string of the molecule is FC(F)(F)C(Nc1c(Cl)cccc1Cl)c1ccccc1. The van der Waals surface area contributed by atoms with Gasteiger partial charge in [0.05, 0.1) is 15.7 Å². The Morgan fingerprint density at radius 1 is 0.850 bits per heavy atom. The molecule has 6 heteroatoms. The maximum absolute atomic E-state index is 13.2. The molecule has 1 nitrogen and oxygen atoms in total. The third kappa shape index (κ3) is 3.38. The van der Waals surface area contributed by atoms with Gasteiger partial charge in [-0.3, -0.25) is 0 Å². The molecule has 0 spiro atoms. The minimum absolute atomic E-state index is 0.0713. The number of rotatable bonds is 3. The third-order valence-corrected chi connectivity index (χ3v) is 3.34. The van der Waals surface area contributed by atoms with Crippen molar-refractivity contribution in [1.82, 2.24) is 0 Å². The van der Waals surface area contributed by atoms with Gasteiger partial charge in [0.1, 0.15) is 6.04 Å². The van der Waals surface area contributed by atoms with Crippen LogP contribution < -0.4 is 5.32 Å². The van der Waals surface area contributed by atoms with Crippen LogP contribution in [0.2, 0.25) is 10.0 Å². The molecule has 0 saturated heterocycles. The average Bonchev–Trinajstić information content (AvgIpc) is 2.38. The van der Waals surface area contributed by atoms with Crippen LogP contribution in [0.3, 0.4) is 0 Å². The van der Waals surface area contributed by atoms with E-state index < -0.39 is 12.2 Å². The molecule has 0 bridgehead atoms. The summed E-state index contributed by atoms with van der Waals surface area (Å²) < 4.78 is 39.6. The highest BCUT2D eigenvalue weighted by atomic mass is 35.5. The Bertz CT molecular complexity index is 564. The number of anilines is 1. The van der Waals surface area contributed by atoms with Gasteiger partial charge in [0, 0.05) is 0 Å². The van der Waals surface area contributed by atoms with Crippen molar-refractivity contribution < 1.29 is 13.2 Å². The zero-order chi connectivity index (χ0) is 14.8. The number of hydrogen-bond donors (Lipinski definition) is 1. The van der Waals surface area contributed by atoms with Gasteiger partial charge in [-0.05, 0) is 17.7 Å². The first kappa shape index (κ1) is 15.0. The Labute approximate surface area is 124 Å². The fraction of sp³-hybridized carbons (Fsp3) is 0.143. The van der Waals surface area contributed by atoms with Crippen molar-refractivity contribution in [3.05, 3.63) is 64.1 Å². The van der Waals surface area contributed by atoms with E-state index in [2.05, 4.69) is 5.32 Å². The molecule has 1 N–H and O–H groups in total. The lowest BCUT2D eigenvalue weighted by molar-refractivity contribution is -0.144. The molecule has 0 radical (unpaired) electrons. The largest absolute Gasteiger partial charge is 0.412 e. The summed E-state index contributed by atoms with van der Waals surface area (Å²) in [6, 6.07) is 10.2. The first-order valence-electron chi connectivity index (χ1n) is 5.72. The standard InChI is InChI=1S/C14H10Cl2F3N/c15-10-7-4-8-11(16)12(10)20-13(14(17,18)19)9-5-2-1-3-6-9/h1-8,13,20H. The number of benzene rings is 2. The van der Waals surface area contributed by atoms with E-state index in [0.717, 1.165) is 0 Å². The summed E-state index contributed by atoms with van der Waals surface area (Å²) in [5.74, 6) is 0. The van der Waals surface area contributed by atoms with Gasteiger partial charge in [0.15, 0.2) is 0 Å². The van der Waals surface area contributed by atoms with Crippen LogP contribution in [0, 0.1) is 0 Å². The smallest absolute Gasteiger partial charge is 0.368 e. The lowest BCUT2D eigenvalue weighted by atomic mass is 10.1. The molecule has 2 aromatic rings. The molecule has 1 unspecified atom stereocenters. The number of hydrogen-bond acceptors (Lipinski definition) is 1. The van der Waals surface area contributed by atoms with E-state index >= 15 is 0 Å². The molecule has 0 aliphatic carbocycles. The minimum Gasteiger partial charge on any atom is -0.368 e. The zero-order valence-corrected chi connectivity index (χ0v) is 11.6. The van der Waals surface area contributed by atoms with Crippen LogP contribution in [0.15, 0.2) is 48.5 Å². The maximum atomic E-state index is 13.2. The molecule has 106 valence electrons. The summed E-state index contributed by atoms with van der Waals surface area (Å²) in [5, 5.41) is 2.67. The van der Waals surface area contributed by atoms with Gasteiger partial charge >= 0.3 is 6.18 Å². The molecule has 0 amide bonds. The minimum atomic E-state index is -4.47. The van der Waals surface area contributed by atoms with Crippen molar-refractivity contribution >= 4 is 28.9 Å². The monoisotopic (exact) mass is 319 g/mol. The predicted octanol–water partition coefficient (Wildman–Crippen LogP) is 5.71. The summed E-state index contributed by atoms with van der Waals surface area (Å²) in [6.45, 7) is 0. The highest BCUT2D eigenvalue weighted by Crippen LogP contribution is 2.39. The Morgan fingerprint density at radius 3 is 1.90 bits per heavy atom. The van der Waals surface area contributed by atoms with E-state index in [1.54, 1.807) is 24.3 Å². The molecule has 0 aromatic heterocycles. The second-order valence-electron chi connectivity index (χ2n) is 4.13. The fourth-order valence-corrected chi connectivity index (χ4v) is 2.29. The molecular weight excluding hydrogens is 310 g/mol. The van der Waals surface area contributed by atoms with Gasteiger partial charge in [-0.1, -0.05) is 59.6 Å². The van der Waals surface area contributed by atoms with Gasteiger partial charge in [-0.15, -0.1) is 0 Å². The fourth-order valence-electron chi connectivity index (χ4n) is 1.78. The summed E-state index contributed by atoms with van der Waals surface area (Å²) in [5.41, 5.74) is 0.165. The van der Waals surface area contributed by atoms with Crippen LogP contribution in [0.5, 0.6) is 0 Å². The van der Waals surface area contributed by atoms with Crippen LogP contribution in [-0.4, -0.2) is 6.18 Å². The lowest BCUT2D eigenvalue weighted by Crippen LogP contribution is -2.28. The third-order valence-electron chi connectivity index (χ3n) is 2.71. The van der Waals surface area contributed by atoms with Gasteiger partial charge in [-0.25, -0.2) is 0 Å². The molecule has 2 rings (SSSR count). The Balaban J connectivity index is 2.40. The quantitative estimate of drug-likeness (QED) is 0.764. The maximum Gasteiger partial charge on any atom is 0.412 e. The van der Waals surface area contributed by atoms with Crippen LogP contribution in [0.25, 0.3) is 0 Å². The van der Waals surface area contributed by atoms with Crippen molar-refractivity contribution in [2.45, 2.75) is 12.2 Å². The number of para-hydroxylation sites is 1. The second kappa shape index (κ2) is 5.94. The van der Waals surface area contributed by atoms with Crippen molar-refractivity contribution in [3.63, 3.8) is 0 Å². The lowest BCUT2D eigenvalue weighted by Gasteiger charge is -2.24. The molecular formula is C14H10Cl2F3N. The Hall–Kier alpha value is -1.39. The van der Waals surface area contributed by atoms with Gasteiger partial charge < -0.3 is 5.32 Å². The molecule has 0 aliphatic rings. The van der Waals surface area contributed by atoms with E-state index in [-0.39, 0.29) is 21.3 Å². The van der Waals surface area contributed by atoms with Crippen molar-refractivity contribution in [2.24, 2.45) is 0 Å². The second-order valence-corrected chi connectivity index (χ2v) is 4.94.